The minimum absolute atomic E-state index is 0.764. The van der Waals surface area contributed by atoms with Crippen molar-refractivity contribution in [2.24, 2.45) is 0 Å². The van der Waals surface area contributed by atoms with Crippen LogP contribution in [0.5, 0.6) is 0 Å². The van der Waals surface area contributed by atoms with Crippen LogP contribution in [0, 0.1) is 0 Å². The minimum atomic E-state index is -3.56. The second-order valence-electron chi connectivity index (χ2n) is 2.75. The summed E-state index contributed by atoms with van der Waals surface area (Å²) in [5.41, 5.74) is 0. The first-order valence-electron chi connectivity index (χ1n) is 3.65. The Morgan fingerprint density at radius 3 is 2.15 bits per heavy atom. The molecule has 0 bridgehead atoms. The summed E-state index contributed by atoms with van der Waals surface area (Å²) in [7, 11) is -2.11. The molecule has 0 aromatic carbocycles. The number of nitrogens with one attached hydrogen (secondary N) is 2. The molecule has 0 heterocycles. The van der Waals surface area contributed by atoms with Crippen molar-refractivity contribution in [2.45, 2.75) is 19.1 Å². The van der Waals surface area contributed by atoms with E-state index in [1.54, 1.807) is 4.72 Å². The summed E-state index contributed by atoms with van der Waals surface area (Å²) in [5.74, 6) is -0.764. The first-order valence-corrected chi connectivity index (χ1v) is 5.54. The van der Waals surface area contributed by atoms with Gasteiger partial charge in [0.25, 0.3) is 5.91 Å². The highest BCUT2D eigenvalue weighted by Gasteiger charge is 2.23. The molecule has 13 heavy (non-hydrogen) atoms. The number of hydrogen-bond acceptors (Lipinski definition) is 5. The summed E-state index contributed by atoms with van der Waals surface area (Å²) in [6, 6.07) is -0.922. The molecule has 0 unspecified atom stereocenters. The van der Waals surface area contributed by atoms with Gasteiger partial charge in [-0.25, -0.2) is 8.42 Å². The van der Waals surface area contributed by atoms with E-state index in [0.29, 0.717) is 0 Å². The summed E-state index contributed by atoms with van der Waals surface area (Å²) in [4.78, 5) is 11.1. The van der Waals surface area contributed by atoms with Gasteiger partial charge in [0.1, 0.15) is 6.04 Å². The predicted molar refractivity (Wildman–Crippen MR) is 47.5 cm³/mol. The van der Waals surface area contributed by atoms with Crippen molar-refractivity contribution in [3.63, 3.8) is 0 Å². The fraction of sp³-hybridized carbons (Fsp3) is 0.833. The van der Waals surface area contributed by atoms with Crippen molar-refractivity contribution in [3.05, 3.63) is 0 Å². The fourth-order valence-corrected chi connectivity index (χ4v) is 1.33. The zero-order valence-electron chi connectivity index (χ0n) is 7.73. The van der Waals surface area contributed by atoms with E-state index in [0.717, 1.165) is 6.26 Å². The highest BCUT2D eigenvalue weighted by atomic mass is 32.2. The van der Waals surface area contributed by atoms with E-state index in [4.69, 9.17) is 5.11 Å². The monoisotopic (exact) mass is 210 g/mol. The Kier molecular flexibility index (Phi) is 4.31. The number of likely N-dealkylation sites (N-methyl/N-ethyl adjacent to an activating group) is 1. The molecule has 0 saturated heterocycles. The number of hydrogen-bond donors (Lipinski definition) is 3. The van der Waals surface area contributed by atoms with Gasteiger partial charge in [0.05, 0.1) is 12.4 Å². The smallest absolute Gasteiger partial charge is 0.253 e. The quantitative estimate of drug-likeness (QED) is 0.500. The van der Waals surface area contributed by atoms with E-state index < -0.39 is 28.1 Å². The van der Waals surface area contributed by atoms with Gasteiger partial charge in [-0.2, -0.15) is 0 Å². The minimum Gasteiger partial charge on any atom is -0.391 e. The molecule has 0 saturated carbocycles. The zero-order valence-corrected chi connectivity index (χ0v) is 8.55. The van der Waals surface area contributed by atoms with Crippen LogP contribution in [0.1, 0.15) is 6.92 Å². The van der Waals surface area contributed by atoms with E-state index in [9.17, 15) is 13.2 Å². The van der Waals surface area contributed by atoms with Gasteiger partial charge in [0.2, 0.25) is 10.0 Å². The van der Waals surface area contributed by atoms with Crippen LogP contribution < -0.4 is 10.0 Å². The van der Waals surface area contributed by atoms with Crippen LogP contribution in [0.15, 0.2) is 0 Å². The highest BCUT2D eigenvalue weighted by Crippen LogP contribution is 1.92. The van der Waals surface area contributed by atoms with Crippen molar-refractivity contribution >= 4 is 15.9 Å². The molecule has 7 heteroatoms. The molecule has 3 N–H and O–H groups in total. The molecule has 0 aliphatic rings. The van der Waals surface area contributed by atoms with Crippen LogP contribution in [-0.4, -0.2) is 44.9 Å². The Labute approximate surface area is 77.4 Å². The summed E-state index contributed by atoms with van der Waals surface area (Å²) in [6.07, 6.45) is -0.0774. The number of carbonyl (C=O) groups excluding carboxylic acids is 1. The van der Waals surface area contributed by atoms with E-state index in [-0.39, 0.29) is 0 Å². The lowest BCUT2D eigenvalue weighted by Crippen LogP contribution is -2.50. The predicted octanol–water partition coefficient (Wildman–Crippen LogP) is -1.97. The van der Waals surface area contributed by atoms with Gasteiger partial charge in [-0.05, 0) is 14.0 Å². The highest BCUT2D eigenvalue weighted by molar-refractivity contribution is 7.89. The second-order valence-corrected chi connectivity index (χ2v) is 4.49. The number of aliphatic hydroxyl groups is 1. The van der Waals surface area contributed by atoms with Crippen LogP contribution in [0.3, 0.4) is 0 Å². The number of aliphatic hydroxyl groups excluding tert-OH is 1. The maximum atomic E-state index is 11.1. The maximum absolute atomic E-state index is 11.1. The van der Waals surface area contributed by atoms with Gasteiger partial charge in [0, 0.05) is 0 Å². The summed E-state index contributed by atoms with van der Waals surface area (Å²) < 4.78 is 23.0. The van der Waals surface area contributed by atoms with Gasteiger partial charge < -0.3 is 10.4 Å². The lowest BCUT2D eigenvalue weighted by Gasteiger charge is -2.17. The van der Waals surface area contributed by atoms with Crippen molar-refractivity contribution in [3.8, 4) is 0 Å². The molecule has 2 atom stereocenters. The summed E-state index contributed by atoms with van der Waals surface area (Å²) in [6.45, 7) is 1.39. The van der Waals surface area contributed by atoms with Crippen molar-refractivity contribution in [2.75, 3.05) is 13.3 Å². The first kappa shape index (κ1) is 12.3. The number of amides is 1. The Morgan fingerprint density at radius 2 is 1.92 bits per heavy atom. The van der Waals surface area contributed by atoms with E-state index >= 15 is 0 Å². The van der Waals surface area contributed by atoms with Crippen LogP contribution in [0.25, 0.3) is 0 Å². The summed E-state index contributed by atoms with van der Waals surface area (Å²) in [5, 5.41) is 11.6. The Balaban J connectivity index is 4.41. The van der Waals surface area contributed by atoms with Crippen molar-refractivity contribution < 1.29 is 18.3 Å². The van der Waals surface area contributed by atoms with Crippen LogP contribution in [0.4, 0.5) is 0 Å². The molecule has 0 aliphatic heterocycles. The molecule has 0 radical (unpaired) electrons. The Hall–Kier alpha value is -0.660. The summed E-state index contributed by atoms with van der Waals surface area (Å²) >= 11 is 0. The average Bonchev–Trinajstić information content (AvgIpc) is 1.82. The topological polar surface area (TPSA) is 95.5 Å². The Bertz CT molecular complexity index is 272. The number of rotatable bonds is 4. The normalized spacial score (nSPS) is 16.3. The fourth-order valence-electron chi connectivity index (χ4n) is 0.838. The molecular weight excluding hydrogens is 196 g/mol. The molecule has 1 amide bonds. The SMILES string of the molecule is CN[C@H](C(=O)NS(C)(=O)=O)[C@@H](C)O. The van der Waals surface area contributed by atoms with E-state index in [2.05, 4.69) is 5.32 Å². The third-order valence-electron chi connectivity index (χ3n) is 1.36. The molecule has 0 rings (SSSR count). The van der Waals surface area contributed by atoms with E-state index in [1.165, 1.54) is 14.0 Å². The molecule has 6 nitrogen and oxygen atoms in total. The van der Waals surface area contributed by atoms with Gasteiger partial charge in [-0.1, -0.05) is 0 Å². The third-order valence-corrected chi connectivity index (χ3v) is 1.93. The largest absolute Gasteiger partial charge is 0.391 e. The van der Waals surface area contributed by atoms with Crippen LogP contribution in [-0.2, 0) is 14.8 Å². The van der Waals surface area contributed by atoms with Gasteiger partial charge in [0.15, 0.2) is 0 Å². The maximum Gasteiger partial charge on any atom is 0.253 e. The van der Waals surface area contributed by atoms with Crippen molar-refractivity contribution in [1.29, 1.82) is 0 Å². The second kappa shape index (κ2) is 4.54. The Morgan fingerprint density at radius 1 is 1.46 bits per heavy atom. The molecular formula is C6H14N2O4S. The molecule has 0 spiro atoms. The number of carbonyl (C=O) groups is 1. The zero-order chi connectivity index (χ0) is 10.6. The third kappa shape index (κ3) is 4.81. The molecule has 0 aliphatic carbocycles. The standard InChI is InChI=1S/C6H14N2O4S/c1-4(9)5(7-2)6(10)8-13(3,11)12/h4-5,7,9H,1-3H3,(H,8,10)/t4-,5+/m1/s1. The van der Waals surface area contributed by atoms with E-state index in [1.807, 2.05) is 0 Å². The van der Waals surface area contributed by atoms with Crippen LogP contribution in [0.2, 0.25) is 0 Å². The van der Waals surface area contributed by atoms with Gasteiger partial charge >= 0.3 is 0 Å². The molecule has 78 valence electrons. The first-order chi connectivity index (χ1) is 5.78. The molecule has 0 aromatic heterocycles. The lowest BCUT2D eigenvalue weighted by atomic mass is 10.2. The average molecular weight is 210 g/mol. The number of sulfonamides is 1. The van der Waals surface area contributed by atoms with Crippen LogP contribution >= 0.6 is 0 Å². The van der Waals surface area contributed by atoms with Crippen molar-refractivity contribution in [1.82, 2.24) is 10.0 Å². The molecule has 0 fully saturated rings. The molecule has 0 aromatic rings. The lowest BCUT2D eigenvalue weighted by molar-refractivity contribution is -0.123. The van der Waals surface area contributed by atoms with Gasteiger partial charge in [-0.15, -0.1) is 0 Å². The van der Waals surface area contributed by atoms with Gasteiger partial charge in [-0.3, -0.25) is 9.52 Å².